The van der Waals surface area contributed by atoms with E-state index in [0.29, 0.717) is 18.8 Å². The second-order valence-corrected chi connectivity index (χ2v) is 8.17. The summed E-state index contributed by atoms with van der Waals surface area (Å²) in [5, 5.41) is 5.29. The lowest BCUT2D eigenvalue weighted by Crippen LogP contribution is -2.47. The van der Waals surface area contributed by atoms with Crippen LogP contribution in [0.2, 0.25) is 0 Å². The van der Waals surface area contributed by atoms with E-state index in [9.17, 15) is 27.6 Å². The van der Waals surface area contributed by atoms with Crippen LogP contribution in [0, 0.1) is 0 Å². The highest BCUT2D eigenvalue weighted by molar-refractivity contribution is 6.03. The van der Waals surface area contributed by atoms with Crippen LogP contribution in [0.15, 0.2) is 35.5 Å². The number of benzene rings is 1. The molecule has 8 nitrogen and oxygen atoms in total. The summed E-state index contributed by atoms with van der Waals surface area (Å²) in [5.74, 6) is -0.967. The van der Waals surface area contributed by atoms with Gasteiger partial charge in [-0.3, -0.25) is 14.5 Å². The third kappa shape index (κ3) is 4.54. The monoisotopic (exact) mass is 466 g/mol. The molecule has 178 valence electrons. The Kier molecular flexibility index (Phi) is 6.33. The van der Waals surface area contributed by atoms with Gasteiger partial charge in [-0.2, -0.15) is 13.2 Å². The largest absolute Gasteiger partial charge is 0.416 e. The van der Waals surface area contributed by atoms with Gasteiger partial charge in [-0.1, -0.05) is 18.2 Å². The molecule has 0 spiro atoms. The number of urea groups is 1. The number of amides is 4. The minimum absolute atomic E-state index is 0.0343. The summed E-state index contributed by atoms with van der Waals surface area (Å²) in [6, 6.07) is 3.01. The van der Waals surface area contributed by atoms with Crippen LogP contribution in [0.1, 0.15) is 36.9 Å². The van der Waals surface area contributed by atoms with Gasteiger partial charge in [0.25, 0.3) is 5.91 Å². The first-order valence-corrected chi connectivity index (χ1v) is 10.9. The molecular weight excluding hydrogens is 441 g/mol. The normalized spacial score (nSPS) is 23.2. The van der Waals surface area contributed by atoms with Gasteiger partial charge in [0.2, 0.25) is 5.91 Å². The predicted octanol–water partition coefficient (Wildman–Crippen LogP) is 2.18. The Balaban J connectivity index is 1.58. The quantitative estimate of drug-likeness (QED) is 0.673. The van der Waals surface area contributed by atoms with Crippen molar-refractivity contribution in [2.75, 3.05) is 32.8 Å². The Bertz CT molecular complexity index is 988. The Morgan fingerprint density at radius 3 is 2.70 bits per heavy atom. The molecule has 0 aliphatic carbocycles. The lowest BCUT2D eigenvalue weighted by Gasteiger charge is -2.33. The van der Waals surface area contributed by atoms with Crippen LogP contribution in [0.5, 0.6) is 0 Å². The van der Waals surface area contributed by atoms with E-state index in [1.54, 1.807) is 6.92 Å². The molecule has 33 heavy (non-hydrogen) atoms. The number of alkyl halides is 3. The molecule has 4 amide bonds. The van der Waals surface area contributed by atoms with Crippen LogP contribution in [0.3, 0.4) is 0 Å². The molecule has 4 rings (SSSR count). The molecule has 2 atom stereocenters. The Hall–Kier alpha value is -3.08. The van der Waals surface area contributed by atoms with Crippen molar-refractivity contribution in [3.05, 3.63) is 46.7 Å². The maximum Gasteiger partial charge on any atom is 0.416 e. The average molecular weight is 466 g/mol. The number of likely N-dealkylation sites (N-methyl/N-ethyl adjacent to an activating group) is 1. The lowest BCUT2D eigenvalue weighted by atomic mass is 9.91. The summed E-state index contributed by atoms with van der Waals surface area (Å²) in [6.45, 7) is 2.61. The molecule has 1 fully saturated rings. The van der Waals surface area contributed by atoms with Crippen LogP contribution < -0.4 is 10.6 Å². The zero-order valence-corrected chi connectivity index (χ0v) is 18.1. The van der Waals surface area contributed by atoms with E-state index >= 15 is 0 Å². The highest BCUT2D eigenvalue weighted by atomic mass is 19.4. The average Bonchev–Trinajstić information content (AvgIpc) is 3.40. The first kappa shape index (κ1) is 23.1. The van der Waals surface area contributed by atoms with Gasteiger partial charge >= 0.3 is 12.2 Å². The molecule has 0 bridgehead atoms. The summed E-state index contributed by atoms with van der Waals surface area (Å²) in [7, 11) is 0. The molecule has 0 radical (unpaired) electrons. The van der Waals surface area contributed by atoms with Crippen LogP contribution in [-0.2, 0) is 20.5 Å². The number of ether oxygens (including phenoxy) is 1. The molecule has 11 heteroatoms. The number of hydrogen-bond acceptors (Lipinski definition) is 4. The standard InChI is InChI=1S/C22H25F3N4O4/c1-2-29-16-11-28(12-17(30)26-10-13-6-5-9-33-13)20(31)18(16)19(27-21(29)32)14-7-3-4-8-15(14)22(23,24)25/h3-4,7-8,13,19H,2,5-6,9-12H2,1H3,(H,26,30)(H,27,32)/t13-,19-/m1/s1. The molecule has 2 N–H and O–H groups in total. The van der Waals surface area contributed by atoms with E-state index in [2.05, 4.69) is 10.6 Å². The molecule has 0 saturated carbocycles. The van der Waals surface area contributed by atoms with Crippen LogP contribution in [0.4, 0.5) is 18.0 Å². The van der Waals surface area contributed by atoms with E-state index in [1.807, 2.05) is 0 Å². The molecule has 3 aliphatic rings. The van der Waals surface area contributed by atoms with Gasteiger partial charge in [0.15, 0.2) is 0 Å². The fourth-order valence-corrected chi connectivity index (χ4v) is 4.51. The topological polar surface area (TPSA) is 91.0 Å². The number of nitrogens with zero attached hydrogens (tertiary/aromatic N) is 2. The first-order valence-electron chi connectivity index (χ1n) is 10.9. The third-order valence-electron chi connectivity index (χ3n) is 6.08. The van der Waals surface area contributed by atoms with Crippen molar-refractivity contribution >= 4 is 17.8 Å². The molecule has 1 aromatic rings. The van der Waals surface area contributed by atoms with Gasteiger partial charge in [-0.25, -0.2) is 4.79 Å². The number of rotatable bonds is 6. The zero-order chi connectivity index (χ0) is 23.8. The summed E-state index contributed by atoms with van der Waals surface area (Å²) >= 11 is 0. The third-order valence-corrected chi connectivity index (χ3v) is 6.08. The summed E-state index contributed by atoms with van der Waals surface area (Å²) in [4.78, 5) is 40.9. The Labute approximate surface area is 188 Å². The maximum absolute atomic E-state index is 13.6. The van der Waals surface area contributed by atoms with Gasteiger partial charge in [-0.15, -0.1) is 0 Å². The Morgan fingerprint density at radius 1 is 1.27 bits per heavy atom. The first-order chi connectivity index (χ1) is 15.7. The fraction of sp³-hybridized carbons (Fsp3) is 0.500. The van der Waals surface area contributed by atoms with Crippen molar-refractivity contribution in [1.82, 2.24) is 20.4 Å². The fourth-order valence-electron chi connectivity index (χ4n) is 4.51. The van der Waals surface area contributed by atoms with E-state index < -0.39 is 35.6 Å². The van der Waals surface area contributed by atoms with E-state index in [1.165, 1.54) is 28.0 Å². The number of halogens is 3. The zero-order valence-electron chi connectivity index (χ0n) is 18.1. The summed E-state index contributed by atoms with van der Waals surface area (Å²) < 4.78 is 46.4. The number of nitrogens with one attached hydrogen (secondary N) is 2. The van der Waals surface area contributed by atoms with Crippen molar-refractivity contribution < 1.29 is 32.3 Å². The second-order valence-electron chi connectivity index (χ2n) is 8.17. The van der Waals surface area contributed by atoms with Crippen molar-refractivity contribution in [1.29, 1.82) is 0 Å². The Morgan fingerprint density at radius 2 is 2.03 bits per heavy atom. The highest BCUT2D eigenvalue weighted by Crippen LogP contribution is 2.41. The van der Waals surface area contributed by atoms with Gasteiger partial charge < -0.3 is 20.3 Å². The van der Waals surface area contributed by atoms with E-state index in [0.717, 1.165) is 18.9 Å². The van der Waals surface area contributed by atoms with Crippen molar-refractivity contribution in [3.8, 4) is 0 Å². The van der Waals surface area contributed by atoms with Crippen molar-refractivity contribution in [2.24, 2.45) is 0 Å². The smallest absolute Gasteiger partial charge is 0.376 e. The van der Waals surface area contributed by atoms with E-state index in [4.69, 9.17) is 4.74 Å². The van der Waals surface area contributed by atoms with Gasteiger partial charge in [0, 0.05) is 19.7 Å². The molecular formula is C22H25F3N4O4. The van der Waals surface area contributed by atoms with Crippen LogP contribution in [-0.4, -0.2) is 66.5 Å². The number of carbonyl (C=O) groups excluding carboxylic acids is 3. The molecule has 0 unspecified atom stereocenters. The second kappa shape index (κ2) is 9.05. The molecule has 1 aromatic carbocycles. The minimum atomic E-state index is -4.66. The number of carbonyl (C=O) groups is 3. The van der Waals surface area contributed by atoms with Gasteiger partial charge in [-0.05, 0) is 31.4 Å². The molecule has 1 saturated heterocycles. The van der Waals surface area contributed by atoms with Crippen LogP contribution in [0.25, 0.3) is 0 Å². The van der Waals surface area contributed by atoms with Crippen LogP contribution >= 0.6 is 0 Å². The summed E-state index contributed by atoms with van der Waals surface area (Å²) in [6.07, 6.45) is -2.95. The van der Waals surface area contributed by atoms with Gasteiger partial charge in [0.1, 0.15) is 6.54 Å². The minimum Gasteiger partial charge on any atom is -0.376 e. The maximum atomic E-state index is 13.6. The van der Waals surface area contributed by atoms with Crippen molar-refractivity contribution in [2.45, 2.75) is 38.1 Å². The van der Waals surface area contributed by atoms with Gasteiger partial charge in [0.05, 0.1) is 35.5 Å². The molecule has 3 aliphatic heterocycles. The number of hydrogen-bond donors (Lipinski definition) is 2. The summed E-state index contributed by atoms with van der Waals surface area (Å²) in [5.41, 5.74) is -0.757. The molecule has 3 heterocycles. The van der Waals surface area contributed by atoms with Crippen molar-refractivity contribution in [3.63, 3.8) is 0 Å². The predicted molar refractivity (Wildman–Crippen MR) is 111 cm³/mol. The molecule has 0 aromatic heterocycles. The lowest BCUT2D eigenvalue weighted by molar-refractivity contribution is -0.138. The van der Waals surface area contributed by atoms with E-state index in [-0.39, 0.29) is 36.9 Å². The SMILES string of the molecule is CCN1C(=O)N[C@H](c2ccccc2C(F)(F)F)C2=C1CN(CC(=O)NC[C@H]1CCCO1)C2=O. The highest BCUT2D eigenvalue weighted by Gasteiger charge is 2.46.